The minimum atomic E-state index is -0.349. The number of allylic oxidation sites excluding steroid dienone is 5. The highest BCUT2D eigenvalue weighted by molar-refractivity contribution is 6.11. The SMILES string of the molecule is C=CC1=C(C)/C(=C/C2=NC(=C\c3[nH]c(/C=C4\NC(=O)C(C)=C4C=C)c(C)c3CCC(=O)OC)/C(CCC(=O)OC)=C2)NC1=O. The van der Waals surface area contributed by atoms with Crippen molar-refractivity contribution in [3.05, 3.63) is 105 Å². The average molecular weight is 597 g/mol. The number of aromatic nitrogens is 1. The van der Waals surface area contributed by atoms with E-state index in [1.54, 1.807) is 19.1 Å². The number of carbonyl (C=O) groups is 4. The molecule has 0 saturated carbocycles. The smallest absolute Gasteiger partial charge is 0.305 e. The molecule has 3 aliphatic rings. The van der Waals surface area contributed by atoms with Crippen molar-refractivity contribution in [1.29, 1.82) is 0 Å². The van der Waals surface area contributed by atoms with Crippen LogP contribution in [0.2, 0.25) is 0 Å². The maximum absolute atomic E-state index is 12.3. The zero-order chi connectivity index (χ0) is 32.1. The van der Waals surface area contributed by atoms with Gasteiger partial charge in [0.1, 0.15) is 0 Å². The molecule has 44 heavy (non-hydrogen) atoms. The third-order valence-electron chi connectivity index (χ3n) is 7.84. The molecule has 0 aliphatic carbocycles. The molecule has 2 amide bonds. The molecule has 1 aromatic heterocycles. The molecule has 228 valence electrons. The van der Waals surface area contributed by atoms with Crippen LogP contribution in [0, 0.1) is 6.92 Å². The number of amides is 2. The summed E-state index contributed by atoms with van der Waals surface area (Å²) in [6, 6.07) is 0. The predicted octanol–water partition coefficient (Wildman–Crippen LogP) is 4.59. The number of nitrogens with zero attached hydrogens (tertiary/aromatic N) is 1. The number of hydrogen-bond donors (Lipinski definition) is 3. The Bertz CT molecular complexity index is 1700. The number of aliphatic imine (C=N–C) groups is 1. The van der Waals surface area contributed by atoms with Crippen molar-refractivity contribution in [2.24, 2.45) is 4.99 Å². The highest BCUT2D eigenvalue weighted by Gasteiger charge is 2.25. The van der Waals surface area contributed by atoms with E-state index in [2.05, 4.69) is 28.8 Å². The quantitative estimate of drug-likeness (QED) is 0.319. The van der Waals surface area contributed by atoms with Crippen molar-refractivity contribution in [3.8, 4) is 0 Å². The van der Waals surface area contributed by atoms with E-state index in [0.29, 0.717) is 52.4 Å². The molecule has 1 aromatic rings. The van der Waals surface area contributed by atoms with Crippen molar-refractivity contribution in [1.82, 2.24) is 15.6 Å². The molecule has 10 nitrogen and oxygen atoms in total. The van der Waals surface area contributed by atoms with Crippen LogP contribution in [0.3, 0.4) is 0 Å². The van der Waals surface area contributed by atoms with Crippen molar-refractivity contribution in [3.63, 3.8) is 0 Å². The molecule has 4 heterocycles. The van der Waals surface area contributed by atoms with E-state index in [9.17, 15) is 19.2 Å². The topological polar surface area (TPSA) is 139 Å². The van der Waals surface area contributed by atoms with Crippen molar-refractivity contribution in [2.75, 3.05) is 14.2 Å². The zero-order valence-corrected chi connectivity index (χ0v) is 25.6. The van der Waals surface area contributed by atoms with Crippen LogP contribution in [0.5, 0.6) is 0 Å². The van der Waals surface area contributed by atoms with Crippen LogP contribution in [0.25, 0.3) is 12.2 Å². The number of nitrogens with one attached hydrogen (secondary N) is 3. The first-order valence-corrected chi connectivity index (χ1v) is 14.1. The maximum atomic E-state index is 12.3. The van der Waals surface area contributed by atoms with Gasteiger partial charge in [-0.3, -0.25) is 19.2 Å². The molecular weight excluding hydrogens is 560 g/mol. The fourth-order valence-corrected chi connectivity index (χ4v) is 5.23. The summed E-state index contributed by atoms with van der Waals surface area (Å²) in [5.41, 5.74) is 9.07. The molecule has 0 atom stereocenters. The largest absolute Gasteiger partial charge is 0.469 e. The summed E-state index contributed by atoms with van der Waals surface area (Å²) in [7, 11) is 2.69. The summed E-state index contributed by atoms with van der Waals surface area (Å²) in [5.74, 6) is -1.10. The lowest BCUT2D eigenvalue weighted by Gasteiger charge is -2.05. The average Bonchev–Trinajstić information content (AvgIpc) is 3.69. The van der Waals surface area contributed by atoms with Gasteiger partial charge in [0.15, 0.2) is 0 Å². The Morgan fingerprint density at radius 2 is 1.45 bits per heavy atom. The maximum Gasteiger partial charge on any atom is 0.305 e. The molecule has 4 rings (SSSR count). The van der Waals surface area contributed by atoms with E-state index >= 15 is 0 Å². The fraction of sp³-hybridized carbons (Fsp3) is 0.265. The van der Waals surface area contributed by atoms with E-state index < -0.39 is 0 Å². The third kappa shape index (κ3) is 6.54. The summed E-state index contributed by atoms with van der Waals surface area (Å²) in [5, 5.41) is 5.73. The lowest BCUT2D eigenvalue weighted by molar-refractivity contribution is -0.141. The van der Waals surface area contributed by atoms with Gasteiger partial charge in [0.2, 0.25) is 0 Å². The van der Waals surface area contributed by atoms with Gasteiger partial charge in [0.25, 0.3) is 11.8 Å². The number of methoxy groups -OCH3 is 2. The van der Waals surface area contributed by atoms with Crippen molar-refractivity contribution < 1.29 is 28.7 Å². The number of esters is 2. The Hall–Kier alpha value is -5.25. The summed E-state index contributed by atoms with van der Waals surface area (Å²) >= 11 is 0. The van der Waals surface area contributed by atoms with Gasteiger partial charge in [-0.15, -0.1) is 0 Å². The highest BCUT2D eigenvalue weighted by Crippen LogP contribution is 2.32. The van der Waals surface area contributed by atoms with Crippen LogP contribution < -0.4 is 10.6 Å². The first-order chi connectivity index (χ1) is 21.0. The van der Waals surface area contributed by atoms with E-state index in [1.165, 1.54) is 20.3 Å². The second-order valence-corrected chi connectivity index (χ2v) is 10.5. The van der Waals surface area contributed by atoms with Crippen LogP contribution >= 0.6 is 0 Å². The molecule has 0 spiro atoms. The standard InChI is InChI=1S/C34H36N4O6/c1-8-23-20(5)33(41)38-29(23)16-27-19(4)25(11-13-32(40)44-7)30(36-27)17-28-21(10-12-31(39)43-6)14-22(35-28)15-26-18(3)24(9-2)34(42)37-26/h8-9,14-17,36H,1-2,10-13H2,3-7H3,(H,37,42)(H,38,41)/b26-15-,28-17-,29-16-. The van der Waals surface area contributed by atoms with Crippen LogP contribution in [0.4, 0.5) is 0 Å². The summed E-state index contributed by atoms with van der Waals surface area (Å²) in [6.45, 7) is 13.1. The van der Waals surface area contributed by atoms with Gasteiger partial charge in [0, 0.05) is 46.6 Å². The van der Waals surface area contributed by atoms with E-state index in [4.69, 9.17) is 14.5 Å². The van der Waals surface area contributed by atoms with Gasteiger partial charge in [-0.2, -0.15) is 0 Å². The molecule has 10 heteroatoms. The van der Waals surface area contributed by atoms with E-state index in [1.807, 2.05) is 32.1 Å². The number of carbonyl (C=O) groups excluding carboxylic acids is 4. The molecule has 3 N–H and O–H groups in total. The molecule has 0 aromatic carbocycles. The second kappa shape index (κ2) is 13.4. The first-order valence-electron chi connectivity index (χ1n) is 14.1. The monoisotopic (exact) mass is 596 g/mol. The Morgan fingerprint density at radius 1 is 0.818 bits per heavy atom. The Balaban J connectivity index is 1.80. The van der Waals surface area contributed by atoms with Gasteiger partial charge < -0.3 is 25.1 Å². The van der Waals surface area contributed by atoms with Gasteiger partial charge in [0.05, 0.1) is 31.3 Å². The van der Waals surface area contributed by atoms with E-state index in [0.717, 1.165) is 33.7 Å². The van der Waals surface area contributed by atoms with Gasteiger partial charge in [-0.05, 0) is 80.2 Å². The van der Waals surface area contributed by atoms with Gasteiger partial charge in [-0.1, -0.05) is 25.3 Å². The molecular formula is C34H36N4O6. The van der Waals surface area contributed by atoms with Crippen LogP contribution in [-0.2, 0) is 35.1 Å². The minimum Gasteiger partial charge on any atom is -0.469 e. The third-order valence-corrected chi connectivity index (χ3v) is 7.84. The number of hydrogen-bond acceptors (Lipinski definition) is 7. The summed E-state index contributed by atoms with van der Waals surface area (Å²) in [4.78, 5) is 57.0. The van der Waals surface area contributed by atoms with Crippen LogP contribution in [0.15, 0.2) is 87.4 Å². The Kier molecular flexibility index (Phi) is 9.63. The molecule has 0 fully saturated rings. The predicted molar refractivity (Wildman–Crippen MR) is 169 cm³/mol. The molecule has 0 radical (unpaired) electrons. The number of aromatic amines is 1. The van der Waals surface area contributed by atoms with Gasteiger partial charge >= 0.3 is 11.9 Å². The first kappa shape index (κ1) is 31.7. The van der Waals surface area contributed by atoms with Crippen molar-refractivity contribution >= 4 is 41.6 Å². The lowest BCUT2D eigenvalue weighted by Crippen LogP contribution is -2.16. The highest BCUT2D eigenvalue weighted by atomic mass is 16.5. The number of H-pyrrole nitrogens is 1. The fourth-order valence-electron chi connectivity index (χ4n) is 5.23. The minimum absolute atomic E-state index is 0.154. The Labute approximate surface area is 256 Å². The summed E-state index contributed by atoms with van der Waals surface area (Å²) in [6.07, 6.45) is 11.6. The lowest BCUT2D eigenvalue weighted by atomic mass is 10.0. The number of ether oxygens (including phenoxy) is 2. The normalized spacial score (nSPS) is 19.1. The Morgan fingerprint density at radius 3 is 2.07 bits per heavy atom. The zero-order valence-electron chi connectivity index (χ0n) is 25.6. The molecule has 0 saturated heterocycles. The van der Waals surface area contributed by atoms with Crippen molar-refractivity contribution in [2.45, 2.75) is 46.5 Å². The number of rotatable bonds is 11. The molecule has 0 unspecified atom stereocenters. The van der Waals surface area contributed by atoms with E-state index in [-0.39, 0.29) is 36.6 Å². The summed E-state index contributed by atoms with van der Waals surface area (Å²) < 4.78 is 9.73. The van der Waals surface area contributed by atoms with Gasteiger partial charge in [-0.25, -0.2) is 4.99 Å². The van der Waals surface area contributed by atoms with Crippen LogP contribution in [-0.4, -0.2) is 48.7 Å². The van der Waals surface area contributed by atoms with Crippen LogP contribution in [0.1, 0.15) is 55.6 Å². The molecule has 0 bridgehead atoms. The second-order valence-electron chi connectivity index (χ2n) is 10.5. The molecule has 3 aliphatic heterocycles.